The van der Waals surface area contributed by atoms with Crippen LogP contribution in [0.2, 0.25) is 0 Å². The molecule has 8 nitrogen and oxygen atoms in total. The fourth-order valence-corrected chi connectivity index (χ4v) is 3.89. The fourth-order valence-electron chi connectivity index (χ4n) is 3.89. The van der Waals surface area contributed by atoms with Crippen LogP contribution in [0.1, 0.15) is 25.3 Å². The highest BCUT2D eigenvalue weighted by Crippen LogP contribution is 2.29. The zero-order chi connectivity index (χ0) is 26.4. The van der Waals surface area contributed by atoms with E-state index in [1.165, 1.54) is 0 Å². The lowest BCUT2D eigenvalue weighted by atomic mass is 10.1. The molecule has 1 saturated heterocycles. The lowest BCUT2D eigenvalue weighted by Gasteiger charge is -2.12. The summed E-state index contributed by atoms with van der Waals surface area (Å²) in [4.78, 5) is 24.2. The van der Waals surface area contributed by atoms with E-state index in [-0.39, 0.29) is 37.2 Å². The van der Waals surface area contributed by atoms with E-state index in [0.717, 1.165) is 6.42 Å². The number of carbonyl (C=O) groups is 2. The van der Waals surface area contributed by atoms with Gasteiger partial charge in [0.25, 0.3) is 0 Å². The molecule has 37 heavy (non-hydrogen) atoms. The van der Waals surface area contributed by atoms with E-state index >= 15 is 0 Å². The van der Waals surface area contributed by atoms with Crippen molar-refractivity contribution in [2.45, 2.75) is 32.5 Å². The number of nitrogens with zero attached hydrogens (tertiary/aromatic N) is 2. The van der Waals surface area contributed by atoms with Crippen molar-refractivity contribution in [2.24, 2.45) is 5.92 Å². The number of benzene rings is 2. The number of alkyl halides is 3. The molecule has 1 aromatic heterocycles. The van der Waals surface area contributed by atoms with E-state index in [2.05, 4.69) is 15.7 Å². The third-order valence-electron chi connectivity index (χ3n) is 5.60. The Morgan fingerprint density at radius 1 is 1.19 bits per heavy atom. The number of hydrogen-bond donors (Lipinski definition) is 2. The average molecular weight is 517 g/mol. The SMILES string of the molecule is CCCOc1cccc(-n2nc(NC(=O)[C@@H]3CNC(=O)C3)cc2-c2cccc(COCC(F)(F)F)c2)c1. The number of nitrogens with one attached hydrogen (secondary N) is 2. The van der Waals surface area contributed by atoms with Crippen LogP contribution in [-0.2, 0) is 20.9 Å². The van der Waals surface area contributed by atoms with Crippen LogP contribution in [0.3, 0.4) is 0 Å². The standard InChI is InChI=1S/C26H27F3N4O4/c1-2-9-37-21-8-4-7-20(12-21)33-22(13-23(32-33)31-25(35)19-11-24(34)30-14-19)18-6-3-5-17(10-18)15-36-16-26(27,28)29/h3-8,10,12-13,19H,2,9,11,14-16H2,1H3,(H,30,34)(H,31,32,35)/t19-/m0/s1. The number of ether oxygens (including phenoxy) is 2. The minimum atomic E-state index is -4.41. The molecule has 3 aromatic rings. The number of hydrogen-bond acceptors (Lipinski definition) is 5. The van der Waals surface area contributed by atoms with Crippen molar-refractivity contribution in [3.8, 4) is 22.7 Å². The van der Waals surface area contributed by atoms with Gasteiger partial charge in [0, 0.05) is 30.7 Å². The van der Waals surface area contributed by atoms with E-state index in [1.54, 1.807) is 35.0 Å². The molecule has 0 aliphatic carbocycles. The normalized spacial score (nSPS) is 15.5. The summed E-state index contributed by atoms with van der Waals surface area (Å²) in [5.74, 6) is -0.0844. The molecular formula is C26H27F3N4O4. The Morgan fingerprint density at radius 3 is 2.73 bits per heavy atom. The molecule has 196 valence electrons. The minimum absolute atomic E-state index is 0.107. The molecule has 0 spiro atoms. The number of amides is 2. The smallest absolute Gasteiger partial charge is 0.411 e. The molecule has 0 bridgehead atoms. The molecule has 0 radical (unpaired) electrons. The van der Waals surface area contributed by atoms with Gasteiger partial charge in [0.2, 0.25) is 11.8 Å². The molecular weight excluding hydrogens is 489 g/mol. The van der Waals surface area contributed by atoms with Gasteiger partial charge >= 0.3 is 6.18 Å². The van der Waals surface area contributed by atoms with Gasteiger partial charge in [-0.05, 0) is 30.2 Å². The molecule has 1 fully saturated rings. The zero-order valence-corrected chi connectivity index (χ0v) is 20.2. The second-order valence-corrected chi connectivity index (χ2v) is 8.68. The molecule has 4 rings (SSSR count). The first-order valence-corrected chi connectivity index (χ1v) is 11.9. The van der Waals surface area contributed by atoms with Gasteiger partial charge in [-0.1, -0.05) is 31.2 Å². The number of anilines is 1. The monoisotopic (exact) mass is 516 g/mol. The Morgan fingerprint density at radius 2 is 2.00 bits per heavy atom. The summed E-state index contributed by atoms with van der Waals surface area (Å²) < 4.78 is 49.7. The lowest BCUT2D eigenvalue weighted by Crippen LogP contribution is -2.24. The van der Waals surface area contributed by atoms with Crippen LogP contribution in [0, 0.1) is 5.92 Å². The summed E-state index contributed by atoms with van der Waals surface area (Å²) in [7, 11) is 0. The number of aromatic nitrogens is 2. The molecule has 0 unspecified atom stereocenters. The van der Waals surface area contributed by atoms with Crippen molar-refractivity contribution in [2.75, 3.05) is 25.1 Å². The number of rotatable bonds is 10. The molecule has 2 aromatic carbocycles. The van der Waals surface area contributed by atoms with Gasteiger partial charge in [-0.25, -0.2) is 4.68 Å². The quantitative estimate of drug-likeness (QED) is 0.414. The van der Waals surface area contributed by atoms with Crippen molar-refractivity contribution in [1.82, 2.24) is 15.1 Å². The van der Waals surface area contributed by atoms with Gasteiger partial charge in [-0.2, -0.15) is 13.2 Å². The van der Waals surface area contributed by atoms with Crippen LogP contribution < -0.4 is 15.4 Å². The molecule has 2 amide bonds. The summed E-state index contributed by atoms with van der Waals surface area (Å²) in [6, 6.07) is 15.9. The topological polar surface area (TPSA) is 94.5 Å². The van der Waals surface area contributed by atoms with Gasteiger partial charge in [-0.3, -0.25) is 9.59 Å². The highest BCUT2D eigenvalue weighted by molar-refractivity contribution is 5.97. The van der Waals surface area contributed by atoms with Crippen LogP contribution in [0.4, 0.5) is 19.0 Å². The summed E-state index contributed by atoms with van der Waals surface area (Å²) >= 11 is 0. The van der Waals surface area contributed by atoms with Crippen molar-refractivity contribution < 1.29 is 32.2 Å². The van der Waals surface area contributed by atoms with Gasteiger partial charge in [-0.15, -0.1) is 5.10 Å². The molecule has 11 heteroatoms. The molecule has 0 saturated carbocycles. The van der Waals surface area contributed by atoms with Gasteiger partial charge in [0.15, 0.2) is 5.82 Å². The van der Waals surface area contributed by atoms with Gasteiger partial charge in [0.1, 0.15) is 12.4 Å². The van der Waals surface area contributed by atoms with E-state index in [1.807, 2.05) is 31.2 Å². The van der Waals surface area contributed by atoms with Gasteiger partial charge < -0.3 is 20.1 Å². The molecule has 1 aliphatic heterocycles. The van der Waals surface area contributed by atoms with Crippen LogP contribution in [0.15, 0.2) is 54.6 Å². The molecule has 2 heterocycles. The van der Waals surface area contributed by atoms with E-state index in [9.17, 15) is 22.8 Å². The summed E-state index contributed by atoms with van der Waals surface area (Å²) in [6.45, 7) is 1.26. The third kappa shape index (κ3) is 7.10. The Bertz CT molecular complexity index is 1260. The third-order valence-corrected chi connectivity index (χ3v) is 5.60. The molecule has 1 atom stereocenters. The van der Waals surface area contributed by atoms with E-state index in [4.69, 9.17) is 9.47 Å². The Hall–Kier alpha value is -3.86. The second kappa shape index (κ2) is 11.5. The highest BCUT2D eigenvalue weighted by atomic mass is 19.4. The maximum Gasteiger partial charge on any atom is 0.411 e. The van der Waals surface area contributed by atoms with Crippen LogP contribution in [0.25, 0.3) is 16.9 Å². The predicted octanol–water partition coefficient (Wildman–Crippen LogP) is 4.48. The summed E-state index contributed by atoms with van der Waals surface area (Å²) in [6.07, 6.45) is -3.46. The first kappa shape index (κ1) is 26.2. The minimum Gasteiger partial charge on any atom is -0.494 e. The number of carbonyl (C=O) groups excluding carboxylic acids is 2. The molecule has 1 aliphatic rings. The van der Waals surface area contributed by atoms with Crippen molar-refractivity contribution in [3.63, 3.8) is 0 Å². The average Bonchev–Trinajstić information content (AvgIpc) is 3.49. The van der Waals surface area contributed by atoms with E-state index < -0.39 is 18.7 Å². The van der Waals surface area contributed by atoms with Crippen molar-refractivity contribution in [3.05, 3.63) is 60.2 Å². The number of halogens is 3. The van der Waals surface area contributed by atoms with Crippen LogP contribution >= 0.6 is 0 Å². The Kier molecular flexibility index (Phi) is 8.12. The lowest BCUT2D eigenvalue weighted by molar-refractivity contribution is -0.176. The Balaban J connectivity index is 1.65. The Labute approximate surface area is 211 Å². The van der Waals surface area contributed by atoms with Crippen molar-refractivity contribution >= 4 is 17.6 Å². The summed E-state index contributed by atoms with van der Waals surface area (Å²) in [5, 5.41) is 9.99. The van der Waals surface area contributed by atoms with E-state index in [0.29, 0.717) is 34.9 Å². The maximum absolute atomic E-state index is 12.7. The predicted molar refractivity (Wildman–Crippen MR) is 130 cm³/mol. The zero-order valence-electron chi connectivity index (χ0n) is 20.2. The van der Waals surface area contributed by atoms with Crippen LogP contribution in [0.5, 0.6) is 5.75 Å². The highest BCUT2D eigenvalue weighted by Gasteiger charge is 2.29. The first-order chi connectivity index (χ1) is 17.7. The molecule has 2 N–H and O–H groups in total. The van der Waals surface area contributed by atoms with Crippen LogP contribution in [-0.4, -0.2) is 47.5 Å². The van der Waals surface area contributed by atoms with Crippen molar-refractivity contribution in [1.29, 1.82) is 0 Å². The fraction of sp³-hybridized carbons (Fsp3) is 0.346. The second-order valence-electron chi connectivity index (χ2n) is 8.68. The summed E-state index contributed by atoms with van der Waals surface area (Å²) in [5.41, 5.74) is 2.48. The van der Waals surface area contributed by atoms with Gasteiger partial charge in [0.05, 0.1) is 30.5 Å². The maximum atomic E-state index is 12.7. The first-order valence-electron chi connectivity index (χ1n) is 11.9. The largest absolute Gasteiger partial charge is 0.494 e.